The Bertz CT molecular complexity index is 771. The molecule has 0 amide bonds. The van der Waals surface area contributed by atoms with Crippen molar-refractivity contribution in [2.45, 2.75) is 58.0 Å². The first-order valence-corrected chi connectivity index (χ1v) is 10.7. The lowest BCUT2D eigenvalue weighted by molar-refractivity contribution is 0.158. The largest absolute Gasteiger partial charge is 0.356 e. The summed E-state index contributed by atoms with van der Waals surface area (Å²) in [4.78, 5) is 11.3. The van der Waals surface area contributed by atoms with E-state index in [1.165, 1.54) is 5.56 Å². The molecule has 3 rings (SSSR count). The van der Waals surface area contributed by atoms with E-state index in [-0.39, 0.29) is 29.9 Å². The Morgan fingerprint density at radius 3 is 2.50 bits per heavy atom. The molecule has 0 aliphatic carbocycles. The summed E-state index contributed by atoms with van der Waals surface area (Å²) in [6, 6.07) is 11.6. The quantitative estimate of drug-likeness (QED) is 0.325. The molecule has 1 aromatic carbocycles. The number of benzene rings is 1. The molecule has 1 unspecified atom stereocenters. The van der Waals surface area contributed by atoms with Gasteiger partial charge in [0.2, 0.25) is 5.89 Å². The fourth-order valence-corrected chi connectivity index (χ4v) is 3.65. The van der Waals surface area contributed by atoms with Crippen LogP contribution in [-0.4, -0.2) is 53.7 Å². The Labute approximate surface area is 197 Å². The Kier molecular flexibility index (Phi) is 10.0. The number of aromatic nitrogens is 2. The second-order valence-electron chi connectivity index (χ2n) is 7.99. The van der Waals surface area contributed by atoms with E-state index < -0.39 is 0 Å². The smallest absolute Gasteiger partial charge is 0.228 e. The Morgan fingerprint density at radius 2 is 1.90 bits per heavy atom. The highest BCUT2D eigenvalue weighted by molar-refractivity contribution is 14.0. The molecule has 30 heavy (non-hydrogen) atoms. The maximum Gasteiger partial charge on any atom is 0.228 e. The summed E-state index contributed by atoms with van der Waals surface area (Å²) in [5.74, 6) is 2.55. The van der Waals surface area contributed by atoms with Crippen LogP contribution in [0.15, 0.2) is 39.8 Å². The molecule has 166 valence electrons. The van der Waals surface area contributed by atoms with Crippen molar-refractivity contribution in [1.29, 1.82) is 0 Å². The Morgan fingerprint density at radius 1 is 1.20 bits per heavy atom. The van der Waals surface area contributed by atoms with E-state index in [1.807, 2.05) is 7.05 Å². The minimum Gasteiger partial charge on any atom is -0.356 e. The van der Waals surface area contributed by atoms with Crippen molar-refractivity contribution in [3.05, 3.63) is 47.6 Å². The zero-order valence-corrected chi connectivity index (χ0v) is 20.8. The molecular formula is C22H35IN6O. The summed E-state index contributed by atoms with van der Waals surface area (Å²) in [6.45, 7) is 9.31. The number of aliphatic imine (C=N–C) groups is 1. The minimum absolute atomic E-state index is 0. The molecule has 1 aromatic heterocycles. The molecule has 0 spiro atoms. The van der Waals surface area contributed by atoms with Crippen molar-refractivity contribution in [1.82, 2.24) is 25.7 Å². The van der Waals surface area contributed by atoms with Crippen molar-refractivity contribution in [3.8, 4) is 0 Å². The predicted octanol–water partition coefficient (Wildman–Crippen LogP) is 3.74. The van der Waals surface area contributed by atoms with Crippen LogP contribution in [0.3, 0.4) is 0 Å². The van der Waals surface area contributed by atoms with E-state index in [4.69, 9.17) is 4.52 Å². The van der Waals surface area contributed by atoms with Gasteiger partial charge in [-0.3, -0.25) is 9.89 Å². The van der Waals surface area contributed by atoms with Gasteiger partial charge >= 0.3 is 0 Å². The van der Waals surface area contributed by atoms with Gasteiger partial charge in [-0.1, -0.05) is 49.3 Å². The summed E-state index contributed by atoms with van der Waals surface area (Å²) < 4.78 is 5.30. The van der Waals surface area contributed by atoms with E-state index >= 15 is 0 Å². The standard InChI is InChI=1S/C22H34N6O.HI/c1-16(2)21-26-20(29-27-21)10-13-24-22(23-4)25-19-11-14-28(15-12-19)17(3)18-8-6-5-7-9-18;/h5-9,16-17,19H,10-15H2,1-4H3,(H2,23,24,25);1H. The SMILES string of the molecule is CN=C(NCCc1nc(C(C)C)no1)NC1CCN(C(C)c2ccccc2)CC1.I. The number of rotatable bonds is 7. The number of piperidine rings is 1. The van der Waals surface area contributed by atoms with Crippen LogP contribution in [0.5, 0.6) is 0 Å². The van der Waals surface area contributed by atoms with E-state index in [0.717, 1.165) is 37.7 Å². The predicted molar refractivity (Wildman–Crippen MR) is 131 cm³/mol. The molecule has 1 aliphatic rings. The topological polar surface area (TPSA) is 78.6 Å². The van der Waals surface area contributed by atoms with Gasteiger partial charge in [-0.25, -0.2) is 0 Å². The number of nitrogens with zero attached hydrogens (tertiary/aromatic N) is 4. The van der Waals surface area contributed by atoms with Crippen molar-refractivity contribution in [2.75, 3.05) is 26.7 Å². The maximum absolute atomic E-state index is 5.30. The minimum atomic E-state index is 0. The maximum atomic E-state index is 5.30. The average Bonchev–Trinajstić information content (AvgIpc) is 3.23. The van der Waals surface area contributed by atoms with Crippen molar-refractivity contribution in [2.24, 2.45) is 4.99 Å². The summed E-state index contributed by atoms with van der Waals surface area (Å²) >= 11 is 0. The normalized spacial score (nSPS) is 16.9. The second-order valence-corrected chi connectivity index (χ2v) is 7.99. The van der Waals surface area contributed by atoms with Gasteiger partial charge in [0.25, 0.3) is 0 Å². The molecule has 2 heterocycles. The highest BCUT2D eigenvalue weighted by atomic mass is 127. The fraction of sp³-hybridized carbons (Fsp3) is 0.591. The van der Waals surface area contributed by atoms with Crippen molar-refractivity contribution in [3.63, 3.8) is 0 Å². The Hall–Kier alpha value is -1.68. The first kappa shape index (κ1) is 24.6. The fourth-order valence-electron chi connectivity index (χ4n) is 3.65. The van der Waals surface area contributed by atoms with E-state index in [1.54, 1.807) is 0 Å². The second kappa shape index (κ2) is 12.2. The third-order valence-electron chi connectivity index (χ3n) is 5.56. The number of hydrogen-bond donors (Lipinski definition) is 2. The van der Waals surface area contributed by atoms with E-state index in [2.05, 4.69) is 81.8 Å². The van der Waals surface area contributed by atoms with Crippen LogP contribution in [-0.2, 0) is 6.42 Å². The molecule has 0 bridgehead atoms. The zero-order valence-electron chi connectivity index (χ0n) is 18.5. The molecule has 1 saturated heterocycles. The lowest BCUT2D eigenvalue weighted by Gasteiger charge is -2.37. The molecule has 1 aliphatic heterocycles. The first-order chi connectivity index (χ1) is 14.1. The van der Waals surface area contributed by atoms with Gasteiger partial charge in [0.1, 0.15) is 0 Å². The summed E-state index contributed by atoms with van der Waals surface area (Å²) in [6.07, 6.45) is 2.91. The third-order valence-corrected chi connectivity index (χ3v) is 5.56. The number of likely N-dealkylation sites (tertiary alicyclic amines) is 1. The molecular weight excluding hydrogens is 491 g/mol. The van der Waals surface area contributed by atoms with Gasteiger partial charge in [-0.15, -0.1) is 24.0 Å². The first-order valence-electron chi connectivity index (χ1n) is 10.7. The van der Waals surface area contributed by atoms with Gasteiger partial charge in [-0.05, 0) is 25.3 Å². The van der Waals surface area contributed by atoms with Crippen LogP contribution in [0.2, 0.25) is 0 Å². The summed E-state index contributed by atoms with van der Waals surface area (Å²) in [5, 5.41) is 10.9. The Balaban J connectivity index is 0.00000320. The molecule has 1 fully saturated rings. The molecule has 2 aromatic rings. The highest BCUT2D eigenvalue weighted by Gasteiger charge is 2.24. The molecule has 1 atom stereocenters. The van der Waals surface area contributed by atoms with Gasteiger partial charge in [-0.2, -0.15) is 4.98 Å². The van der Waals surface area contributed by atoms with Gasteiger partial charge < -0.3 is 15.2 Å². The summed E-state index contributed by atoms with van der Waals surface area (Å²) in [5.41, 5.74) is 1.39. The van der Waals surface area contributed by atoms with E-state index in [0.29, 0.717) is 30.9 Å². The monoisotopic (exact) mass is 526 g/mol. The van der Waals surface area contributed by atoms with Crippen LogP contribution in [0, 0.1) is 0 Å². The number of halogens is 1. The van der Waals surface area contributed by atoms with Crippen LogP contribution in [0.1, 0.15) is 62.9 Å². The highest BCUT2D eigenvalue weighted by Crippen LogP contribution is 2.23. The van der Waals surface area contributed by atoms with Gasteiger partial charge in [0.05, 0.1) is 0 Å². The van der Waals surface area contributed by atoms with Crippen LogP contribution in [0.25, 0.3) is 0 Å². The molecule has 0 radical (unpaired) electrons. The number of hydrogen-bond acceptors (Lipinski definition) is 5. The molecule has 2 N–H and O–H groups in total. The average molecular weight is 526 g/mol. The van der Waals surface area contributed by atoms with Gasteiger partial charge in [0, 0.05) is 51.1 Å². The van der Waals surface area contributed by atoms with Crippen molar-refractivity contribution < 1.29 is 4.52 Å². The van der Waals surface area contributed by atoms with Crippen LogP contribution in [0.4, 0.5) is 0 Å². The molecule has 8 heteroatoms. The van der Waals surface area contributed by atoms with Crippen molar-refractivity contribution >= 4 is 29.9 Å². The van der Waals surface area contributed by atoms with Crippen LogP contribution < -0.4 is 10.6 Å². The van der Waals surface area contributed by atoms with Crippen LogP contribution >= 0.6 is 24.0 Å². The van der Waals surface area contributed by atoms with E-state index in [9.17, 15) is 0 Å². The molecule has 0 saturated carbocycles. The van der Waals surface area contributed by atoms with Gasteiger partial charge in [0.15, 0.2) is 11.8 Å². The lowest BCUT2D eigenvalue weighted by Crippen LogP contribution is -2.49. The third kappa shape index (κ3) is 6.94. The number of nitrogens with one attached hydrogen (secondary N) is 2. The lowest BCUT2D eigenvalue weighted by atomic mass is 10.0. The zero-order chi connectivity index (χ0) is 20.6. The molecule has 7 nitrogen and oxygen atoms in total. The summed E-state index contributed by atoms with van der Waals surface area (Å²) in [7, 11) is 1.81. The number of guanidine groups is 1.